The molecule has 0 bridgehead atoms. The summed E-state index contributed by atoms with van der Waals surface area (Å²) in [4.78, 5) is 13.1. The zero-order valence-corrected chi connectivity index (χ0v) is 16.9. The third-order valence-corrected chi connectivity index (χ3v) is 6.38. The molecule has 1 atom stereocenters. The van der Waals surface area contributed by atoms with Gasteiger partial charge < -0.3 is 13.5 Å². The molecule has 0 radical (unpaired) electrons. The average Bonchev–Trinajstić information content (AvgIpc) is 3.12. The second-order valence-corrected chi connectivity index (χ2v) is 8.37. The lowest BCUT2D eigenvalue weighted by Crippen LogP contribution is -2.01. The number of para-hydroxylation sites is 2. The number of hydrogen-bond acceptors (Lipinski definition) is 3. The summed E-state index contributed by atoms with van der Waals surface area (Å²) in [6.07, 6.45) is 0. The minimum absolute atomic E-state index is 0.335. The molecule has 4 aromatic carbocycles. The molecule has 0 spiro atoms. The third kappa shape index (κ3) is 2.66. The highest BCUT2D eigenvalue weighted by Gasteiger charge is 2.16. The maximum absolute atomic E-state index is 12.8. The first kappa shape index (κ1) is 18.1. The van der Waals surface area contributed by atoms with E-state index in [1.54, 1.807) is 18.2 Å². The van der Waals surface area contributed by atoms with Gasteiger partial charge in [0.25, 0.3) is 0 Å². The Morgan fingerprint density at radius 3 is 2.19 bits per heavy atom. The van der Waals surface area contributed by atoms with Gasteiger partial charge in [-0.05, 0) is 48.5 Å². The van der Waals surface area contributed by atoms with Crippen LogP contribution in [-0.2, 0) is 11.1 Å². The van der Waals surface area contributed by atoms with E-state index < -0.39 is 11.1 Å². The Morgan fingerprint density at radius 2 is 1.42 bits per heavy atom. The van der Waals surface area contributed by atoms with Crippen LogP contribution in [0.1, 0.15) is 0 Å². The molecule has 6 heteroatoms. The summed E-state index contributed by atoms with van der Waals surface area (Å²) < 4.78 is 28.3. The fraction of sp³-hybridized carbons (Fsp3) is 0. The molecule has 1 unspecified atom stereocenters. The van der Waals surface area contributed by atoms with Crippen LogP contribution < -0.4 is 5.63 Å². The van der Waals surface area contributed by atoms with Gasteiger partial charge in [0.2, 0.25) is 0 Å². The van der Waals surface area contributed by atoms with Crippen molar-refractivity contribution >= 4 is 54.6 Å². The first-order valence-corrected chi connectivity index (χ1v) is 10.8. The zero-order valence-electron chi connectivity index (χ0n) is 16.1. The number of aromatic nitrogens is 1. The Balaban J connectivity index is 1.78. The number of hydrogen-bond donors (Lipinski definition) is 1. The largest absolute Gasteiger partial charge is 0.422 e. The Morgan fingerprint density at radius 1 is 0.710 bits per heavy atom. The van der Waals surface area contributed by atoms with Crippen molar-refractivity contribution in [1.29, 1.82) is 0 Å². The maximum Gasteiger partial charge on any atom is 0.344 e. The Bertz CT molecular complexity index is 1730. The molecule has 0 saturated heterocycles. The van der Waals surface area contributed by atoms with Gasteiger partial charge in [0.15, 0.2) is 11.1 Å². The van der Waals surface area contributed by atoms with Crippen molar-refractivity contribution in [3.63, 3.8) is 0 Å². The van der Waals surface area contributed by atoms with Gasteiger partial charge in [0.05, 0.1) is 21.3 Å². The second kappa shape index (κ2) is 6.63. The van der Waals surface area contributed by atoms with Crippen LogP contribution in [0, 0.1) is 0 Å². The predicted octanol–water partition coefficient (Wildman–Crippen LogP) is 5.62. The van der Waals surface area contributed by atoms with Gasteiger partial charge in [0.1, 0.15) is 5.58 Å². The summed E-state index contributed by atoms with van der Waals surface area (Å²) in [6, 6.07) is 26.4. The fourth-order valence-electron chi connectivity index (χ4n) is 4.33. The van der Waals surface area contributed by atoms with E-state index in [4.69, 9.17) is 4.42 Å². The van der Waals surface area contributed by atoms with Gasteiger partial charge in [0, 0.05) is 27.2 Å². The fourth-order valence-corrected chi connectivity index (χ4v) is 4.70. The number of nitrogens with zero attached hydrogens (tertiary/aromatic N) is 1. The van der Waals surface area contributed by atoms with Gasteiger partial charge in [-0.2, -0.15) is 0 Å². The molecule has 0 amide bonds. The van der Waals surface area contributed by atoms with E-state index in [-0.39, 0.29) is 5.63 Å². The summed E-state index contributed by atoms with van der Waals surface area (Å²) in [5.74, 6) is 0. The van der Waals surface area contributed by atoms with Crippen LogP contribution in [-0.4, -0.2) is 13.3 Å². The topological polar surface area (TPSA) is 72.4 Å². The molecule has 5 nitrogen and oxygen atoms in total. The van der Waals surface area contributed by atoms with Crippen LogP contribution in [0.4, 0.5) is 0 Å². The molecule has 0 aliphatic rings. The second-order valence-electron chi connectivity index (χ2n) is 7.40. The van der Waals surface area contributed by atoms with E-state index in [9.17, 15) is 13.6 Å². The SMILES string of the molecule is O=c1oc2ccccc2c2cc3c4ccccc4n(-c4ccc(S(=O)O)cc4)c3cc12. The lowest BCUT2D eigenvalue weighted by molar-refractivity contribution is 0.564. The van der Waals surface area contributed by atoms with Crippen LogP contribution in [0.5, 0.6) is 0 Å². The lowest BCUT2D eigenvalue weighted by Gasteiger charge is -2.09. The van der Waals surface area contributed by atoms with E-state index in [0.717, 1.165) is 38.3 Å². The molecule has 0 aliphatic carbocycles. The molecule has 0 saturated carbocycles. The van der Waals surface area contributed by atoms with E-state index in [1.165, 1.54) is 0 Å². The van der Waals surface area contributed by atoms with E-state index in [0.29, 0.717) is 15.9 Å². The Hall–Kier alpha value is -3.74. The van der Waals surface area contributed by atoms with Gasteiger partial charge in [-0.15, -0.1) is 0 Å². The van der Waals surface area contributed by atoms with E-state index in [2.05, 4.69) is 16.7 Å². The first-order valence-electron chi connectivity index (χ1n) is 9.72. The van der Waals surface area contributed by atoms with Crippen molar-refractivity contribution in [3.05, 3.63) is 95.3 Å². The third-order valence-electron chi connectivity index (χ3n) is 5.71. The summed E-state index contributed by atoms with van der Waals surface area (Å²) in [7, 11) is 0. The molecule has 31 heavy (non-hydrogen) atoms. The van der Waals surface area contributed by atoms with E-state index in [1.807, 2.05) is 54.6 Å². The molecule has 0 aliphatic heterocycles. The van der Waals surface area contributed by atoms with Crippen LogP contribution in [0.25, 0.3) is 49.2 Å². The number of fused-ring (bicyclic) bond motifs is 6. The quantitative estimate of drug-likeness (QED) is 0.222. The van der Waals surface area contributed by atoms with Gasteiger partial charge >= 0.3 is 5.63 Å². The van der Waals surface area contributed by atoms with Crippen LogP contribution in [0.15, 0.2) is 99.0 Å². The van der Waals surface area contributed by atoms with Crippen molar-refractivity contribution in [1.82, 2.24) is 4.57 Å². The molecule has 2 heterocycles. The van der Waals surface area contributed by atoms with Crippen LogP contribution in [0.2, 0.25) is 0 Å². The summed E-state index contributed by atoms with van der Waals surface area (Å²) in [5.41, 5.74) is 2.88. The van der Waals surface area contributed by atoms with Crippen molar-refractivity contribution in [2.45, 2.75) is 4.90 Å². The first-order chi connectivity index (χ1) is 15.1. The smallest absolute Gasteiger partial charge is 0.344 e. The maximum atomic E-state index is 12.8. The van der Waals surface area contributed by atoms with Crippen LogP contribution in [0.3, 0.4) is 0 Å². The molecular formula is C25H15NO4S. The van der Waals surface area contributed by atoms with E-state index >= 15 is 0 Å². The van der Waals surface area contributed by atoms with Crippen molar-refractivity contribution in [2.75, 3.05) is 0 Å². The summed E-state index contributed by atoms with van der Waals surface area (Å²) in [5, 5.41) is 4.35. The van der Waals surface area contributed by atoms with Gasteiger partial charge in [-0.3, -0.25) is 0 Å². The Labute approximate surface area is 178 Å². The van der Waals surface area contributed by atoms with Crippen molar-refractivity contribution < 1.29 is 13.2 Å². The predicted molar refractivity (Wildman–Crippen MR) is 123 cm³/mol. The monoisotopic (exact) mass is 425 g/mol. The molecule has 6 rings (SSSR count). The molecule has 1 N–H and O–H groups in total. The standard InChI is InChI=1S/C25H15NO4S/c27-25-21-14-23-20(13-19(21)18-6-2-4-8-24(18)30-25)17-5-1-3-7-22(17)26(23)15-9-11-16(12-10-15)31(28)29/h1-14H,(H,28,29). The average molecular weight is 425 g/mol. The van der Waals surface area contributed by atoms with Crippen molar-refractivity contribution in [2.24, 2.45) is 0 Å². The zero-order chi connectivity index (χ0) is 21.1. The summed E-state index contributed by atoms with van der Waals surface area (Å²) in [6.45, 7) is 0. The molecular weight excluding hydrogens is 410 g/mol. The highest BCUT2D eigenvalue weighted by atomic mass is 32.2. The number of benzene rings is 4. The molecule has 0 fully saturated rings. The minimum Gasteiger partial charge on any atom is -0.422 e. The normalized spacial score (nSPS) is 12.8. The van der Waals surface area contributed by atoms with Crippen molar-refractivity contribution in [3.8, 4) is 5.69 Å². The Kier molecular flexibility index (Phi) is 3.86. The summed E-state index contributed by atoms with van der Waals surface area (Å²) >= 11 is -2.04. The lowest BCUT2D eigenvalue weighted by atomic mass is 10.0. The van der Waals surface area contributed by atoms with Crippen LogP contribution >= 0.6 is 0 Å². The highest BCUT2D eigenvalue weighted by molar-refractivity contribution is 7.79. The minimum atomic E-state index is -2.04. The molecule has 150 valence electrons. The molecule has 2 aromatic heterocycles. The van der Waals surface area contributed by atoms with Gasteiger partial charge in [-0.1, -0.05) is 36.4 Å². The highest BCUT2D eigenvalue weighted by Crippen LogP contribution is 2.36. The van der Waals surface area contributed by atoms with Gasteiger partial charge in [-0.25, -0.2) is 9.00 Å². The number of rotatable bonds is 2. The molecule has 6 aromatic rings.